The fourth-order valence-corrected chi connectivity index (χ4v) is 4.73. The molecule has 16 heavy (non-hydrogen) atoms. The molecule has 0 saturated heterocycles. The highest BCUT2D eigenvalue weighted by Crippen LogP contribution is 2.46. The van der Waals surface area contributed by atoms with Crippen LogP contribution in [-0.2, 0) is 0 Å². The van der Waals surface area contributed by atoms with Crippen molar-refractivity contribution in [1.82, 2.24) is 10.2 Å². The fourth-order valence-electron chi connectivity index (χ4n) is 1.65. The van der Waals surface area contributed by atoms with Crippen molar-refractivity contribution in [2.45, 2.75) is 23.6 Å². The number of anilines is 1. The highest BCUT2D eigenvalue weighted by molar-refractivity contribution is 9.09. The van der Waals surface area contributed by atoms with E-state index in [1.165, 1.54) is 25.0 Å². The van der Waals surface area contributed by atoms with E-state index in [1.807, 2.05) is 30.8 Å². The van der Waals surface area contributed by atoms with E-state index in [9.17, 15) is 0 Å². The predicted octanol–water partition coefficient (Wildman–Crippen LogP) is 3.26. The molecule has 0 aliphatic heterocycles. The predicted molar refractivity (Wildman–Crippen MR) is 75.0 cm³/mol. The largest absolute Gasteiger partial charge is 0.353 e. The molecule has 0 radical (unpaired) electrons. The van der Waals surface area contributed by atoms with E-state index < -0.39 is 0 Å². The molecule has 2 rings (SSSR count). The molecule has 1 saturated carbocycles. The molecule has 1 aromatic heterocycles. The first-order valence-electron chi connectivity index (χ1n) is 5.35. The lowest BCUT2D eigenvalue weighted by Gasteiger charge is -2.39. The third-order valence-corrected chi connectivity index (χ3v) is 6.74. The van der Waals surface area contributed by atoms with Gasteiger partial charge in [0.25, 0.3) is 0 Å². The molecule has 1 aliphatic rings. The SMILES string of the molecule is CN(C)c1nnc(SCC2(CBr)CCC2)s1. The van der Waals surface area contributed by atoms with E-state index in [0.717, 1.165) is 14.8 Å². The van der Waals surface area contributed by atoms with Crippen LogP contribution in [0.4, 0.5) is 5.13 Å². The van der Waals surface area contributed by atoms with Gasteiger partial charge in [-0.2, -0.15) is 0 Å². The van der Waals surface area contributed by atoms with Crippen molar-refractivity contribution >= 4 is 44.2 Å². The molecule has 0 amide bonds. The second-order valence-electron chi connectivity index (χ2n) is 4.52. The maximum Gasteiger partial charge on any atom is 0.208 e. The van der Waals surface area contributed by atoms with Crippen molar-refractivity contribution in [3.05, 3.63) is 0 Å². The quantitative estimate of drug-likeness (QED) is 0.615. The van der Waals surface area contributed by atoms with Gasteiger partial charge in [0, 0.05) is 25.2 Å². The summed E-state index contributed by atoms with van der Waals surface area (Å²) in [7, 11) is 4.00. The summed E-state index contributed by atoms with van der Waals surface area (Å²) in [4.78, 5) is 2.01. The van der Waals surface area contributed by atoms with Gasteiger partial charge in [0.1, 0.15) is 0 Å². The lowest BCUT2D eigenvalue weighted by Crippen LogP contribution is -2.33. The Morgan fingerprint density at radius 3 is 2.62 bits per heavy atom. The summed E-state index contributed by atoms with van der Waals surface area (Å²) < 4.78 is 1.09. The summed E-state index contributed by atoms with van der Waals surface area (Å²) >= 11 is 7.16. The molecule has 6 heteroatoms. The summed E-state index contributed by atoms with van der Waals surface area (Å²) in [5, 5.41) is 10.5. The number of hydrogen-bond acceptors (Lipinski definition) is 5. The van der Waals surface area contributed by atoms with E-state index in [2.05, 4.69) is 26.1 Å². The molecule has 0 spiro atoms. The van der Waals surface area contributed by atoms with Gasteiger partial charge in [-0.1, -0.05) is 45.4 Å². The van der Waals surface area contributed by atoms with Crippen molar-refractivity contribution in [3.63, 3.8) is 0 Å². The Balaban J connectivity index is 1.89. The van der Waals surface area contributed by atoms with Crippen molar-refractivity contribution in [2.24, 2.45) is 5.41 Å². The Hall–Kier alpha value is 0.190. The van der Waals surface area contributed by atoms with Gasteiger partial charge >= 0.3 is 0 Å². The standard InChI is InChI=1S/C10H16BrN3S2/c1-14(2)8-12-13-9(16-8)15-7-10(6-11)4-3-5-10/h3-7H2,1-2H3. The minimum absolute atomic E-state index is 0.522. The molecule has 1 aliphatic carbocycles. The summed E-state index contributed by atoms with van der Waals surface area (Å²) in [6, 6.07) is 0. The molecule has 0 N–H and O–H groups in total. The molecule has 1 heterocycles. The van der Waals surface area contributed by atoms with Crippen LogP contribution in [0.3, 0.4) is 0 Å². The topological polar surface area (TPSA) is 29.0 Å². The normalized spacial score (nSPS) is 18.2. The fraction of sp³-hybridized carbons (Fsp3) is 0.800. The average Bonchev–Trinajstić information content (AvgIpc) is 2.65. The molecule has 1 fully saturated rings. The molecule has 0 unspecified atom stereocenters. The van der Waals surface area contributed by atoms with Crippen molar-refractivity contribution in [1.29, 1.82) is 0 Å². The Labute approximate surface area is 113 Å². The molecular weight excluding hydrogens is 306 g/mol. The summed E-state index contributed by atoms with van der Waals surface area (Å²) in [5.41, 5.74) is 0.522. The zero-order chi connectivity index (χ0) is 11.6. The van der Waals surface area contributed by atoms with Gasteiger partial charge in [0.15, 0.2) is 4.34 Å². The molecular formula is C10H16BrN3S2. The van der Waals surface area contributed by atoms with E-state index in [1.54, 1.807) is 11.3 Å². The first-order valence-corrected chi connectivity index (χ1v) is 8.27. The average molecular weight is 322 g/mol. The van der Waals surface area contributed by atoms with Crippen LogP contribution in [0.25, 0.3) is 0 Å². The molecule has 1 aromatic rings. The Morgan fingerprint density at radius 2 is 2.19 bits per heavy atom. The minimum atomic E-state index is 0.522. The van der Waals surface area contributed by atoms with E-state index >= 15 is 0 Å². The Kier molecular flexibility index (Phi) is 4.13. The van der Waals surface area contributed by atoms with Crippen LogP contribution in [0.5, 0.6) is 0 Å². The van der Waals surface area contributed by atoms with Gasteiger partial charge in [-0.25, -0.2) is 0 Å². The number of aromatic nitrogens is 2. The van der Waals surface area contributed by atoms with Crippen molar-refractivity contribution in [3.8, 4) is 0 Å². The van der Waals surface area contributed by atoms with E-state index in [-0.39, 0.29) is 0 Å². The van der Waals surface area contributed by atoms with Crippen LogP contribution in [0, 0.1) is 5.41 Å². The third-order valence-electron chi connectivity index (χ3n) is 2.98. The van der Waals surface area contributed by atoms with Gasteiger partial charge in [0.05, 0.1) is 0 Å². The number of hydrogen-bond donors (Lipinski definition) is 0. The third kappa shape index (κ3) is 2.71. The summed E-state index contributed by atoms with van der Waals surface area (Å²) in [6.45, 7) is 0. The maximum atomic E-state index is 4.21. The van der Waals surface area contributed by atoms with Crippen LogP contribution in [0.1, 0.15) is 19.3 Å². The lowest BCUT2D eigenvalue weighted by molar-refractivity contribution is 0.206. The maximum absolute atomic E-state index is 4.21. The Morgan fingerprint density at radius 1 is 1.44 bits per heavy atom. The molecule has 0 aromatic carbocycles. The van der Waals surface area contributed by atoms with Gasteiger partial charge in [0.2, 0.25) is 5.13 Å². The van der Waals surface area contributed by atoms with Crippen LogP contribution in [0.2, 0.25) is 0 Å². The lowest BCUT2D eigenvalue weighted by atomic mass is 9.72. The first-order chi connectivity index (χ1) is 7.65. The number of thioether (sulfide) groups is 1. The van der Waals surface area contributed by atoms with Gasteiger partial charge in [-0.15, -0.1) is 10.2 Å². The number of alkyl halides is 1. The van der Waals surface area contributed by atoms with E-state index in [4.69, 9.17) is 0 Å². The smallest absolute Gasteiger partial charge is 0.208 e. The van der Waals surface area contributed by atoms with Crippen molar-refractivity contribution in [2.75, 3.05) is 30.1 Å². The number of halogens is 1. The van der Waals surface area contributed by atoms with E-state index in [0.29, 0.717) is 5.41 Å². The number of rotatable bonds is 5. The zero-order valence-corrected chi connectivity index (χ0v) is 12.8. The van der Waals surface area contributed by atoms with Crippen LogP contribution < -0.4 is 4.90 Å². The zero-order valence-electron chi connectivity index (χ0n) is 9.57. The van der Waals surface area contributed by atoms with Crippen LogP contribution >= 0.6 is 39.0 Å². The van der Waals surface area contributed by atoms with Crippen LogP contribution in [-0.4, -0.2) is 35.4 Å². The van der Waals surface area contributed by atoms with Gasteiger partial charge in [-0.05, 0) is 18.3 Å². The first kappa shape index (κ1) is 12.6. The summed E-state index contributed by atoms with van der Waals surface area (Å²) in [5.74, 6) is 1.17. The molecule has 3 nitrogen and oxygen atoms in total. The van der Waals surface area contributed by atoms with Gasteiger partial charge in [-0.3, -0.25) is 0 Å². The summed E-state index contributed by atoms with van der Waals surface area (Å²) in [6.07, 6.45) is 4.08. The van der Waals surface area contributed by atoms with Gasteiger partial charge < -0.3 is 4.90 Å². The number of nitrogens with zero attached hydrogens (tertiary/aromatic N) is 3. The molecule has 90 valence electrons. The monoisotopic (exact) mass is 321 g/mol. The molecule has 0 bridgehead atoms. The highest BCUT2D eigenvalue weighted by atomic mass is 79.9. The molecule has 0 atom stereocenters. The second-order valence-corrected chi connectivity index (χ2v) is 7.26. The second kappa shape index (κ2) is 5.23. The van der Waals surface area contributed by atoms with Crippen molar-refractivity contribution < 1.29 is 0 Å². The van der Waals surface area contributed by atoms with Crippen LogP contribution in [0.15, 0.2) is 4.34 Å². The Bertz CT molecular complexity index is 344. The highest BCUT2D eigenvalue weighted by Gasteiger charge is 2.36. The minimum Gasteiger partial charge on any atom is -0.353 e.